The molecule has 0 aliphatic carbocycles. The van der Waals surface area contributed by atoms with E-state index in [1.807, 2.05) is 25.1 Å². The zero-order chi connectivity index (χ0) is 19.6. The van der Waals surface area contributed by atoms with Gasteiger partial charge >= 0.3 is 0 Å². The molecule has 1 unspecified atom stereocenters. The van der Waals surface area contributed by atoms with Gasteiger partial charge in [-0.15, -0.1) is 24.0 Å². The van der Waals surface area contributed by atoms with Crippen molar-refractivity contribution in [2.75, 3.05) is 27.3 Å². The van der Waals surface area contributed by atoms with E-state index in [4.69, 9.17) is 19.9 Å². The molecule has 0 aromatic heterocycles. The molecule has 3 N–H and O–H groups in total. The number of hydrogen-bond acceptors (Lipinski definition) is 4. The lowest BCUT2D eigenvalue weighted by Crippen LogP contribution is -2.34. The van der Waals surface area contributed by atoms with Crippen molar-refractivity contribution in [3.8, 4) is 17.2 Å². The van der Waals surface area contributed by atoms with Crippen LogP contribution < -0.4 is 25.3 Å². The summed E-state index contributed by atoms with van der Waals surface area (Å²) in [6, 6.07) is 12.0. The van der Waals surface area contributed by atoms with Crippen molar-refractivity contribution >= 4 is 29.9 Å². The highest BCUT2D eigenvalue weighted by molar-refractivity contribution is 14.0. The van der Waals surface area contributed by atoms with E-state index < -0.39 is 5.82 Å². The number of halogens is 2. The normalized spacial score (nSPS) is 11.9. The smallest absolute Gasteiger partial charge is 0.188 e. The molecule has 2 aromatic carbocycles. The summed E-state index contributed by atoms with van der Waals surface area (Å²) in [6.45, 7) is 2.75. The Balaban J connectivity index is 0.00000392. The number of guanidine groups is 1. The molecule has 0 aliphatic heterocycles. The minimum Gasteiger partial charge on any atom is -0.493 e. The molecule has 8 heteroatoms. The van der Waals surface area contributed by atoms with Gasteiger partial charge in [0.15, 0.2) is 29.0 Å². The van der Waals surface area contributed by atoms with Crippen molar-refractivity contribution < 1.29 is 18.6 Å². The first kappa shape index (κ1) is 23.8. The molecule has 0 radical (unpaired) electrons. The monoisotopic (exact) mass is 503 g/mol. The van der Waals surface area contributed by atoms with Gasteiger partial charge in [0.1, 0.15) is 6.10 Å². The lowest BCUT2D eigenvalue weighted by molar-refractivity contribution is 0.220. The van der Waals surface area contributed by atoms with Crippen LogP contribution in [-0.4, -0.2) is 39.4 Å². The summed E-state index contributed by atoms with van der Waals surface area (Å²) in [5, 5.41) is 3.05. The molecule has 1 atom stereocenters. The average molecular weight is 503 g/mol. The van der Waals surface area contributed by atoms with Gasteiger partial charge in [0.25, 0.3) is 0 Å². The Bertz CT molecular complexity index is 774. The molecule has 0 saturated carbocycles. The minimum atomic E-state index is -0.394. The average Bonchev–Trinajstić information content (AvgIpc) is 2.68. The number of nitrogens with zero attached hydrogens (tertiary/aromatic N) is 1. The van der Waals surface area contributed by atoms with E-state index in [2.05, 4.69) is 10.3 Å². The highest BCUT2D eigenvalue weighted by Gasteiger charge is 2.08. The first-order chi connectivity index (χ1) is 13.0. The lowest BCUT2D eigenvalue weighted by Gasteiger charge is -2.14. The summed E-state index contributed by atoms with van der Waals surface area (Å²) >= 11 is 0. The summed E-state index contributed by atoms with van der Waals surface area (Å²) in [6.07, 6.45) is 0.450. The topological polar surface area (TPSA) is 78.1 Å². The predicted octanol–water partition coefficient (Wildman–Crippen LogP) is 3.38. The predicted molar refractivity (Wildman–Crippen MR) is 120 cm³/mol. The number of ether oxygens (including phenoxy) is 3. The minimum absolute atomic E-state index is 0. The van der Waals surface area contributed by atoms with Gasteiger partial charge < -0.3 is 25.3 Å². The fourth-order valence-electron chi connectivity index (χ4n) is 2.45. The van der Waals surface area contributed by atoms with Gasteiger partial charge in [-0.1, -0.05) is 18.2 Å². The molecular formula is C20H27FIN3O3. The van der Waals surface area contributed by atoms with E-state index in [-0.39, 0.29) is 35.8 Å². The number of para-hydroxylation sites is 1. The highest BCUT2D eigenvalue weighted by Crippen LogP contribution is 2.27. The largest absolute Gasteiger partial charge is 0.493 e. The van der Waals surface area contributed by atoms with Gasteiger partial charge in [-0.2, -0.15) is 0 Å². The van der Waals surface area contributed by atoms with E-state index in [0.29, 0.717) is 30.5 Å². The van der Waals surface area contributed by atoms with Crippen molar-refractivity contribution in [2.24, 2.45) is 10.7 Å². The van der Waals surface area contributed by atoms with Crippen LogP contribution >= 0.6 is 24.0 Å². The van der Waals surface area contributed by atoms with Crippen LogP contribution in [-0.2, 0) is 6.42 Å². The third-order valence-electron chi connectivity index (χ3n) is 3.85. The van der Waals surface area contributed by atoms with Crippen molar-refractivity contribution in [1.29, 1.82) is 0 Å². The summed E-state index contributed by atoms with van der Waals surface area (Å²) in [4.78, 5) is 4.23. The van der Waals surface area contributed by atoms with E-state index >= 15 is 0 Å². The Morgan fingerprint density at radius 3 is 2.50 bits per heavy atom. The summed E-state index contributed by atoms with van der Waals surface area (Å²) < 4.78 is 29.6. The Hall–Kier alpha value is -2.23. The lowest BCUT2D eigenvalue weighted by atomic mass is 10.1. The van der Waals surface area contributed by atoms with Crippen LogP contribution in [0.3, 0.4) is 0 Å². The third kappa shape index (κ3) is 7.41. The van der Waals surface area contributed by atoms with Crippen molar-refractivity contribution in [2.45, 2.75) is 19.4 Å². The first-order valence-corrected chi connectivity index (χ1v) is 8.69. The van der Waals surface area contributed by atoms with Crippen LogP contribution in [0, 0.1) is 5.82 Å². The molecule has 0 fully saturated rings. The molecule has 154 valence electrons. The fourth-order valence-corrected chi connectivity index (χ4v) is 2.45. The molecular weight excluding hydrogens is 476 g/mol. The number of hydrogen-bond donors (Lipinski definition) is 2. The van der Waals surface area contributed by atoms with Crippen molar-refractivity contribution in [1.82, 2.24) is 5.32 Å². The number of aliphatic imine (C=N–C) groups is 1. The van der Waals surface area contributed by atoms with Crippen LogP contribution in [0.2, 0.25) is 0 Å². The van der Waals surface area contributed by atoms with Gasteiger partial charge in [0, 0.05) is 6.54 Å². The number of nitrogens with one attached hydrogen (secondary N) is 1. The van der Waals surface area contributed by atoms with Gasteiger partial charge in [0.2, 0.25) is 0 Å². The van der Waals surface area contributed by atoms with E-state index in [0.717, 1.165) is 12.0 Å². The summed E-state index contributed by atoms with van der Waals surface area (Å²) in [7, 11) is 3.21. The number of benzene rings is 2. The van der Waals surface area contributed by atoms with Crippen LogP contribution in [0.15, 0.2) is 47.5 Å². The van der Waals surface area contributed by atoms with Gasteiger partial charge in [0.05, 0.1) is 20.8 Å². The quantitative estimate of drug-likeness (QED) is 0.312. The molecule has 0 aliphatic rings. The zero-order valence-electron chi connectivity index (χ0n) is 16.3. The molecule has 28 heavy (non-hydrogen) atoms. The van der Waals surface area contributed by atoms with Crippen LogP contribution in [0.25, 0.3) is 0 Å². The van der Waals surface area contributed by atoms with Gasteiger partial charge in [-0.3, -0.25) is 0 Å². The molecule has 0 bridgehead atoms. The van der Waals surface area contributed by atoms with Crippen LogP contribution in [0.5, 0.6) is 17.2 Å². The highest BCUT2D eigenvalue weighted by atomic mass is 127. The van der Waals surface area contributed by atoms with Crippen LogP contribution in [0.4, 0.5) is 4.39 Å². The Kier molecular flexibility index (Phi) is 10.4. The second kappa shape index (κ2) is 12.3. The van der Waals surface area contributed by atoms with Crippen molar-refractivity contribution in [3.63, 3.8) is 0 Å². The van der Waals surface area contributed by atoms with E-state index in [1.54, 1.807) is 32.4 Å². The second-order valence-corrected chi connectivity index (χ2v) is 5.95. The molecule has 0 saturated heterocycles. The maximum atomic E-state index is 13.6. The van der Waals surface area contributed by atoms with Crippen molar-refractivity contribution in [3.05, 3.63) is 53.8 Å². The van der Waals surface area contributed by atoms with E-state index in [9.17, 15) is 4.39 Å². The Labute approximate surface area is 182 Å². The second-order valence-electron chi connectivity index (χ2n) is 5.95. The number of rotatable bonds is 9. The number of methoxy groups -OCH3 is 2. The van der Waals surface area contributed by atoms with Gasteiger partial charge in [-0.25, -0.2) is 9.38 Å². The van der Waals surface area contributed by atoms with E-state index in [1.165, 1.54) is 6.07 Å². The maximum Gasteiger partial charge on any atom is 0.188 e. The Morgan fingerprint density at radius 2 is 1.82 bits per heavy atom. The first-order valence-electron chi connectivity index (χ1n) is 8.69. The molecule has 6 nitrogen and oxygen atoms in total. The van der Waals surface area contributed by atoms with Gasteiger partial charge in [-0.05, 0) is 43.2 Å². The fraction of sp³-hybridized carbons (Fsp3) is 0.350. The molecule has 2 aromatic rings. The summed E-state index contributed by atoms with van der Waals surface area (Å²) in [5.74, 6) is 1.52. The SMILES string of the molecule is COc1ccc(CCNC(N)=NCC(C)Oc2ccccc2F)cc1OC.I. The third-order valence-corrected chi connectivity index (χ3v) is 3.85. The molecule has 0 heterocycles. The Morgan fingerprint density at radius 1 is 1.11 bits per heavy atom. The maximum absolute atomic E-state index is 13.6. The zero-order valence-corrected chi connectivity index (χ0v) is 18.6. The molecule has 2 rings (SSSR count). The van der Waals surface area contributed by atoms with Crippen LogP contribution in [0.1, 0.15) is 12.5 Å². The molecule has 0 spiro atoms. The molecule has 0 amide bonds. The number of nitrogens with two attached hydrogens (primary N) is 1. The standard InChI is InChI=1S/C20H26FN3O3.HI/c1-14(27-17-7-5-4-6-16(17)21)13-24-20(22)23-11-10-15-8-9-18(25-2)19(12-15)26-3;/h4-9,12,14H,10-11,13H2,1-3H3,(H3,22,23,24);1H. The summed E-state index contributed by atoms with van der Waals surface area (Å²) in [5.41, 5.74) is 6.96.